The number of carbonyl (C=O) groups is 1. The zero-order valence-electron chi connectivity index (χ0n) is 12.6. The lowest BCUT2D eigenvalue weighted by Crippen LogP contribution is -2.54. The molecule has 22 heavy (non-hydrogen) atoms. The molecule has 2 aliphatic rings. The zero-order chi connectivity index (χ0) is 15.3. The first-order chi connectivity index (χ1) is 10.6. The van der Waals surface area contributed by atoms with Gasteiger partial charge in [0, 0.05) is 12.6 Å². The van der Waals surface area contributed by atoms with Crippen molar-refractivity contribution in [3.8, 4) is 5.75 Å². The standard InChI is InChI=1S/C18H19NO3/c1-18-6-7-19(17(21)16-3-2-8-22-16)13(11-18)9-12-4-5-14(20)10-15(12)18/h2-5,8,10,13,20H,6-7,9,11H2,1H3/t13?,18-/m1/s1. The number of amides is 1. The van der Waals surface area contributed by atoms with Crippen LogP contribution in [0.5, 0.6) is 5.75 Å². The summed E-state index contributed by atoms with van der Waals surface area (Å²) in [5.74, 6) is 0.729. The van der Waals surface area contributed by atoms with Crippen molar-refractivity contribution in [3.63, 3.8) is 0 Å². The van der Waals surface area contributed by atoms with E-state index in [0.717, 1.165) is 25.8 Å². The van der Waals surface area contributed by atoms with Gasteiger partial charge in [0.15, 0.2) is 5.76 Å². The third-order valence-corrected chi connectivity index (χ3v) is 5.22. The largest absolute Gasteiger partial charge is 0.508 e. The van der Waals surface area contributed by atoms with E-state index in [1.807, 2.05) is 17.0 Å². The molecule has 1 amide bonds. The van der Waals surface area contributed by atoms with Gasteiger partial charge in [-0.05, 0) is 60.1 Å². The summed E-state index contributed by atoms with van der Waals surface area (Å²) in [6, 6.07) is 9.31. The lowest BCUT2D eigenvalue weighted by atomic mass is 9.65. The predicted molar refractivity (Wildman–Crippen MR) is 81.9 cm³/mol. The fourth-order valence-electron chi connectivity index (χ4n) is 4.08. The van der Waals surface area contributed by atoms with Crippen molar-refractivity contribution in [2.45, 2.75) is 37.6 Å². The molecule has 1 aliphatic carbocycles. The molecular formula is C18H19NO3. The lowest BCUT2D eigenvalue weighted by Gasteiger charge is -2.49. The Labute approximate surface area is 129 Å². The molecule has 4 heteroatoms. The van der Waals surface area contributed by atoms with Gasteiger partial charge < -0.3 is 14.4 Å². The summed E-state index contributed by atoms with van der Waals surface area (Å²) in [6.45, 7) is 2.97. The monoisotopic (exact) mass is 297 g/mol. The van der Waals surface area contributed by atoms with Crippen LogP contribution in [0.2, 0.25) is 0 Å². The maximum absolute atomic E-state index is 12.6. The molecule has 2 bridgehead atoms. The fourth-order valence-corrected chi connectivity index (χ4v) is 4.08. The second kappa shape index (κ2) is 4.63. The Morgan fingerprint density at radius 3 is 3.05 bits per heavy atom. The second-order valence-corrected chi connectivity index (χ2v) is 6.69. The van der Waals surface area contributed by atoms with Gasteiger partial charge in [0.05, 0.1) is 6.26 Å². The van der Waals surface area contributed by atoms with Crippen LogP contribution in [0, 0.1) is 0 Å². The molecule has 0 spiro atoms. The third kappa shape index (κ3) is 1.94. The van der Waals surface area contributed by atoms with Crippen LogP contribution in [-0.4, -0.2) is 28.5 Å². The Balaban J connectivity index is 1.69. The summed E-state index contributed by atoms with van der Waals surface area (Å²) in [6.07, 6.45) is 4.24. The van der Waals surface area contributed by atoms with Gasteiger partial charge in [0.25, 0.3) is 5.91 Å². The van der Waals surface area contributed by atoms with Gasteiger partial charge in [-0.3, -0.25) is 4.79 Å². The maximum Gasteiger partial charge on any atom is 0.289 e. The average Bonchev–Trinajstić information content (AvgIpc) is 3.02. The predicted octanol–water partition coefficient (Wildman–Crippen LogP) is 3.10. The number of rotatable bonds is 1. The number of fused-ring (bicyclic) bond motifs is 4. The first-order valence-electron chi connectivity index (χ1n) is 7.74. The number of hydrogen-bond donors (Lipinski definition) is 1. The zero-order valence-corrected chi connectivity index (χ0v) is 12.6. The van der Waals surface area contributed by atoms with E-state index in [4.69, 9.17) is 4.42 Å². The number of furan rings is 1. The van der Waals surface area contributed by atoms with Crippen molar-refractivity contribution in [3.05, 3.63) is 53.5 Å². The van der Waals surface area contributed by atoms with Crippen molar-refractivity contribution in [1.82, 2.24) is 4.90 Å². The van der Waals surface area contributed by atoms with E-state index >= 15 is 0 Å². The molecule has 1 fully saturated rings. The first-order valence-corrected chi connectivity index (χ1v) is 7.74. The first kappa shape index (κ1) is 13.4. The number of benzene rings is 1. The molecule has 4 nitrogen and oxygen atoms in total. The van der Waals surface area contributed by atoms with Crippen molar-refractivity contribution in [1.29, 1.82) is 0 Å². The Hall–Kier alpha value is -2.23. The molecule has 2 atom stereocenters. The van der Waals surface area contributed by atoms with Crippen LogP contribution >= 0.6 is 0 Å². The Bertz CT molecular complexity index is 722. The minimum atomic E-state index is -0.0146. The average molecular weight is 297 g/mol. The number of hydrogen-bond acceptors (Lipinski definition) is 3. The van der Waals surface area contributed by atoms with E-state index in [1.165, 1.54) is 11.1 Å². The fraction of sp³-hybridized carbons (Fsp3) is 0.389. The van der Waals surface area contributed by atoms with E-state index in [1.54, 1.807) is 24.5 Å². The Morgan fingerprint density at radius 2 is 2.27 bits per heavy atom. The minimum absolute atomic E-state index is 0.0146. The lowest BCUT2D eigenvalue weighted by molar-refractivity contribution is 0.0458. The van der Waals surface area contributed by atoms with Gasteiger partial charge in [0.2, 0.25) is 0 Å². The number of phenolic OH excluding ortho intramolecular Hbond substituents is 1. The molecule has 1 aromatic heterocycles. The highest BCUT2D eigenvalue weighted by atomic mass is 16.3. The maximum atomic E-state index is 12.6. The number of carbonyl (C=O) groups excluding carboxylic acids is 1. The topological polar surface area (TPSA) is 53.7 Å². The highest BCUT2D eigenvalue weighted by Crippen LogP contribution is 2.45. The molecule has 114 valence electrons. The highest BCUT2D eigenvalue weighted by molar-refractivity contribution is 5.91. The van der Waals surface area contributed by atoms with Gasteiger partial charge in [-0.2, -0.15) is 0 Å². The molecule has 2 heterocycles. The van der Waals surface area contributed by atoms with Crippen LogP contribution < -0.4 is 0 Å². The molecule has 0 saturated carbocycles. The van der Waals surface area contributed by atoms with Gasteiger partial charge in [0.1, 0.15) is 5.75 Å². The molecule has 1 saturated heterocycles. The molecule has 2 aromatic rings. The molecule has 1 N–H and O–H groups in total. The van der Waals surface area contributed by atoms with Crippen LogP contribution in [-0.2, 0) is 11.8 Å². The van der Waals surface area contributed by atoms with Crippen LogP contribution in [0.4, 0.5) is 0 Å². The van der Waals surface area contributed by atoms with Gasteiger partial charge >= 0.3 is 0 Å². The number of piperidine rings is 1. The van der Waals surface area contributed by atoms with E-state index in [0.29, 0.717) is 11.5 Å². The smallest absolute Gasteiger partial charge is 0.289 e. The molecule has 1 aromatic carbocycles. The van der Waals surface area contributed by atoms with Crippen molar-refractivity contribution >= 4 is 5.91 Å². The number of nitrogens with zero attached hydrogens (tertiary/aromatic N) is 1. The number of phenols is 1. The SMILES string of the molecule is C[C@]12CCN(C(=O)c3ccco3)C(Cc3ccc(O)cc31)C2. The third-order valence-electron chi connectivity index (χ3n) is 5.22. The summed E-state index contributed by atoms with van der Waals surface area (Å²) < 4.78 is 5.27. The molecule has 1 aliphatic heterocycles. The summed E-state index contributed by atoms with van der Waals surface area (Å²) in [5.41, 5.74) is 2.53. The van der Waals surface area contributed by atoms with Crippen LogP contribution in [0.25, 0.3) is 0 Å². The van der Waals surface area contributed by atoms with Gasteiger partial charge in [-0.1, -0.05) is 13.0 Å². The summed E-state index contributed by atoms with van der Waals surface area (Å²) >= 11 is 0. The normalized spacial score (nSPS) is 26.6. The van der Waals surface area contributed by atoms with Crippen LogP contribution in [0.3, 0.4) is 0 Å². The Morgan fingerprint density at radius 1 is 1.41 bits per heavy atom. The summed E-state index contributed by atoms with van der Waals surface area (Å²) in [4.78, 5) is 14.6. The van der Waals surface area contributed by atoms with E-state index in [-0.39, 0.29) is 17.4 Å². The quantitative estimate of drug-likeness (QED) is 0.880. The number of likely N-dealkylation sites (tertiary alicyclic amines) is 1. The second-order valence-electron chi connectivity index (χ2n) is 6.69. The van der Waals surface area contributed by atoms with Crippen molar-refractivity contribution in [2.75, 3.05) is 6.54 Å². The van der Waals surface area contributed by atoms with E-state index < -0.39 is 0 Å². The Kier molecular flexibility index (Phi) is 2.83. The van der Waals surface area contributed by atoms with Crippen molar-refractivity contribution < 1.29 is 14.3 Å². The highest BCUT2D eigenvalue weighted by Gasteiger charge is 2.44. The summed E-state index contributed by atoms with van der Waals surface area (Å²) in [7, 11) is 0. The number of aromatic hydroxyl groups is 1. The molecule has 0 radical (unpaired) electrons. The summed E-state index contributed by atoms with van der Waals surface area (Å²) in [5, 5.41) is 9.79. The van der Waals surface area contributed by atoms with Crippen LogP contribution in [0.1, 0.15) is 41.4 Å². The molecular weight excluding hydrogens is 278 g/mol. The van der Waals surface area contributed by atoms with Gasteiger partial charge in [-0.15, -0.1) is 0 Å². The van der Waals surface area contributed by atoms with Crippen molar-refractivity contribution in [2.24, 2.45) is 0 Å². The van der Waals surface area contributed by atoms with Crippen LogP contribution in [0.15, 0.2) is 41.0 Å². The minimum Gasteiger partial charge on any atom is -0.508 e. The van der Waals surface area contributed by atoms with E-state index in [9.17, 15) is 9.90 Å². The molecule has 1 unspecified atom stereocenters. The molecule has 4 rings (SSSR count). The van der Waals surface area contributed by atoms with Gasteiger partial charge in [-0.25, -0.2) is 0 Å². The van der Waals surface area contributed by atoms with E-state index in [2.05, 4.69) is 6.92 Å².